The first-order valence-electron chi connectivity index (χ1n) is 12.9. The van der Waals surface area contributed by atoms with Gasteiger partial charge in [-0.05, 0) is 31.0 Å². The van der Waals surface area contributed by atoms with E-state index in [0.717, 1.165) is 56.9 Å². The van der Waals surface area contributed by atoms with Crippen LogP contribution in [0.15, 0.2) is 36.5 Å². The van der Waals surface area contributed by atoms with Crippen molar-refractivity contribution in [2.75, 3.05) is 68.0 Å². The third-order valence-corrected chi connectivity index (χ3v) is 7.93. The summed E-state index contributed by atoms with van der Waals surface area (Å²) in [6.45, 7) is 6.05. The first-order chi connectivity index (χ1) is 18.0. The van der Waals surface area contributed by atoms with Crippen molar-refractivity contribution in [2.24, 2.45) is 0 Å². The molecule has 0 amide bonds. The average Bonchev–Trinajstić information content (AvgIpc) is 2.96. The number of nitrogens with one attached hydrogen (secondary N) is 1. The average molecular weight is 506 g/mol. The molecule has 4 heterocycles. The maximum Gasteiger partial charge on any atom is 0.197 e. The fourth-order valence-corrected chi connectivity index (χ4v) is 5.97. The summed E-state index contributed by atoms with van der Waals surface area (Å²) in [7, 11) is 1.71. The molecular weight excluding hydrogens is 473 g/mol. The van der Waals surface area contributed by atoms with Crippen LogP contribution in [0.4, 0.5) is 21.5 Å². The number of halogens is 1. The van der Waals surface area contributed by atoms with Crippen molar-refractivity contribution in [1.29, 1.82) is 0 Å². The number of piperidine rings is 1. The fourth-order valence-electron chi connectivity index (χ4n) is 5.97. The summed E-state index contributed by atoms with van der Waals surface area (Å²) in [5.41, 5.74) is 4.33. The molecule has 3 aromatic rings. The number of hydrogen-bond donors (Lipinski definition) is 3. The maximum atomic E-state index is 14.5. The zero-order valence-corrected chi connectivity index (χ0v) is 21.0. The molecule has 2 saturated heterocycles. The second-order valence-corrected chi connectivity index (χ2v) is 9.89. The summed E-state index contributed by atoms with van der Waals surface area (Å²) in [5, 5.41) is 24.5. The molecule has 0 radical (unpaired) electrons. The zero-order chi connectivity index (χ0) is 25.5. The lowest BCUT2D eigenvalue weighted by Gasteiger charge is -2.44. The van der Waals surface area contributed by atoms with E-state index in [1.165, 1.54) is 11.4 Å². The van der Waals surface area contributed by atoms with Crippen LogP contribution in [0.3, 0.4) is 0 Å². The van der Waals surface area contributed by atoms with Crippen LogP contribution in [0, 0.1) is 5.82 Å². The Morgan fingerprint density at radius 3 is 2.57 bits per heavy atom. The number of methoxy groups -OCH3 is 1. The molecule has 3 aliphatic rings. The topological polar surface area (TPSA) is 84.3 Å². The minimum Gasteiger partial charge on any atom is -0.503 e. The number of nitrogens with zero attached hydrogens (tertiary/aromatic N) is 4. The van der Waals surface area contributed by atoms with Gasteiger partial charge in [-0.25, -0.2) is 4.39 Å². The fraction of sp³-hybridized carbons (Fsp3) is 0.393. The van der Waals surface area contributed by atoms with Gasteiger partial charge in [0.1, 0.15) is 17.0 Å². The number of fused-ring (bicyclic) bond motifs is 2. The van der Waals surface area contributed by atoms with Crippen LogP contribution in [0.2, 0.25) is 0 Å². The number of aromatic nitrogens is 1. The zero-order valence-electron chi connectivity index (χ0n) is 21.0. The Hall–Kier alpha value is -3.72. The van der Waals surface area contributed by atoms with Gasteiger partial charge in [-0.3, -0.25) is 9.88 Å². The molecule has 37 heavy (non-hydrogen) atoms. The Morgan fingerprint density at radius 2 is 1.81 bits per heavy atom. The molecule has 9 heteroatoms. The molecule has 0 atom stereocenters. The van der Waals surface area contributed by atoms with Crippen molar-refractivity contribution in [3.63, 3.8) is 0 Å². The molecular formula is C28H32FN5O3. The largest absolute Gasteiger partial charge is 0.503 e. The first kappa shape index (κ1) is 23.7. The summed E-state index contributed by atoms with van der Waals surface area (Å²) >= 11 is 0. The van der Waals surface area contributed by atoms with E-state index in [2.05, 4.69) is 44.4 Å². The molecule has 3 aliphatic heterocycles. The number of hydrogen-bond acceptors (Lipinski definition) is 8. The van der Waals surface area contributed by atoms with E-state index in [-0.39, 0.29) is 5.39 Å². The number of phenolic OH excluding ortho intramolecular Hbond substituents is 2. The van der Waals surface area contributed by atoms with Gasteiger partial charge in [-0.2, -0.15) is 0 Å². The van der Waals surface area contributed by atoms with Gasteiger partial charge >= 0.3 is 0 Å². The van der Waals surface area contributed by atoms with E-state index >= 15 is 0 Å². The van der Waals surface area contributed by atoms with Crippen LogP contribution in [-0.4, -0.2) is 79.1 Å². The number of rotatable bonds is 4. The van der Waals surface area contributed by atoms with Crippen molar-refractivity contribution in [3.05, 3.63) is 47.9 Å². The summed E-state index contributed by atoms with van der Waals surface area (Å²) in [6.07, 6.45) is 7.71. The molecule has 6 rings (SSSR count). The molecule has 0 bridgehead atoms. The predicted octanol–water partition coefficient (Wildman–Crippen LogP) is 4.02. The maximum absolute atomic E-state index is 14.5. The van der Waals surface area contributed by atoms with Crippen LogP contribution < -0.4 is 19.9 Å². The van der Waals surface area contributed by atoms with Crippen LogP contribution in [0.1, 0.15) is 18.4 Å². The molecule has 2 fully saturated rings. The second-order valence-electron chi connectivity index (χ2n) is 9.89. The van der Waals surface area contributed by atoms with Gasteiger partial charge < -0.3 is 30.1 Å². The van der Waals surface area contributed by atoms with Gasteiger partial charge in [0.25, 0.3) is 0 Å². The minimum atomic E-state index is -0.833. The minimum absolute atomic E-state index is 0.218. The summed E-state index contributed by atoms with van der Waals surface area (Å²) in [6, 6.07) is 7.85. The predicted molar refractivity (Wildman–Crippen MR) is 145 cm³/mol. The van der Waals surface area contributed by atoms with Gasteiger partial charge in [-0.1, -0.05) is 12.2 Å². The van der Waals surface area contributed by atoms with Gasteiger partial charge in [0.05, 0.1) is 18.5 Å². The quantitative estimate of drug-likeness (QED) is 0.459. The summed E-state index contributed by atoms with van der Waals surface area (Å²) in [4.78, 5) is 11.3. The Balaban J connectivity index is 1.13. The number of piperazine rings is 1. The smallest absolute Gasteiger partial charge is 0.197 e. The Morgan fingerprint density at radius 1 is 1.03 bits per heavy atom. The lowest BCUT2D eigenvalue weighted by atomic mass is 10.00. The van der Waals surface area contributed by atoms with Crippen molar-refractivity contribution in [3.8, 4) is 17.2 Å². The van der Waals surface area contributed by atoms with E-state index in [4.69, 9.17) is 4.74 Å². The van der Waals surface area contributed by atoms with Crippen molar-refractivity contribution in [2.45, 2.75) is 18.9 Å². The highest BCUT2D eigenvalue weighted by molar-refractivity contribution is 5.97. The number of aromatic hydroxyl groups is 2. The summed E-state index contributed by atoms with van der Waals surface area (Å²) < 4.78 is 20.1. The van der Waals surface area contributed by atoms with Crippen LogP contribution >= 0.6 is 0 Å². The molecule has 0 aliphatic carbocycles. The Bertz CT molecular complexity index is 1350. The van der Waals surface area contributed by atoms with Gasteiger partial charge in [0.2, 0.25) is 0 Å². The standard InChI is InChI=1S/C28H32FN5O3/c1-37-20-16-18-4-2-8-30-24(18)22(17-20)33-14-12-32(13-15-33)19-6-10-34(11-7-19)26-25-21(5-3-9-31-25)23(29)27(35)28(26)36/h2-5,9,16-17,19,30,35-36H,6-8,10-15H2,1H3. The van der Waals surface area contributed by atoms with Crippen molar-refractivity contribution >= 4 is 34.0 Å². The van der Waals surface area contributed by atoms with Crippen LogP contribution in [0.5, 0.6) is 17.2 Å². The van der Waals surface area contributed by atoms with Crippen LogP contribution in [-0.2, 0) is 0 Å². The van der Waals surface area contributed by atoms with Crippen LogP contribution in [0.25, 0.3) is 17.0 Å². The molecule has 194 valence electrons. The van der Waals surface area contributed by atoms with E-state index in [9.17, 15) is 14.6 Å². The molecule has 3 N–H and O–H groups in total. The van der Waals surface area contributed by atoms with E-state index in [1.54, 1.807) is 25.4 Å². The van der Waals surface area contributed by atoms with E-state index in [1.807, 2.05) is 4.90 Å². The number of benzene rings is 2. The van der Waals surface area contributed by atoms with Gasteiger partial charge in [0.15, 0.2) is 17.3 Å². The highest BCUT2D eigenvalue weighted by Crippen LogP contribution is 2.45. The van der Waals surface area contributed by atoms with Gasteiger partial charge in [0, 0.05) is 75.1 Å². The Labute approximate surface area is 215 Å². The molecule has 1 aromatic heterocycles. The number of pyridine rings is 1. The third-order valence-electron chi connectivity index (χ3n) is 7.93. The number of phenols is 2. The first-order valence-corrected chi connectivity index (χ1v) is 12.9. The second kappa shape index (κ2) is 9.63. The lowest BCUT2D eigenvalue weighted by Crippen LogP contribution is -2.53. The van der Waals surface area contributed by atoms with Crippen molar-refractivity contribution in [1.82, 2.24) is 9.88 Å². The highest BCUT2D eigenvalue weighted by atomic mass is 19.1. The third kappa shape index (κ3) is 4.17. The van der Waals surface area contributed by atoms with Crippen molar-refractivity contribution < 1.29 is 19.3 Å². The number of ether oxygens (including phenoxy) is 1. The van der Waals surface area contributed by atoms with E-state index in [0.29, 0.717) is 30.3 Å². The monoisotopic (exact) mass is 505 g/mol. The molecule has 0 spiro atoms. The Kier molecular flexibility index (Phi) is 6.16. The summed E-state index contributed by atoms with van der Waals surface area (Å²) in [5.74, 6) is -1.10. The van der Waals surface area contributed by atoms with Gasteiger partial charge in [-0.15, -0.1) is 0 Å². The molecule has 0 unspecified atom stereocenters. The lowest BCUT2D eigenvalue weighted by molar-refractivity contribution is 0.160. The van der Waals surface area contributed by atoms with E-state index < -0.39 is 17.3 Å². The highest BCUT2D eigenvalue weighted by Gasteiger charge is 2.31. The molecule has 0 saturated carbocycles. The normalized spacial score (nSPS) is 18.6. The molecule has 8 nitrogen and oxygen atoms in total. The SMILES string of the molecule is COc1cc2c(c(N3CCN(C4CCN(c5c(O)c(O)c(F)c6cccnc56)CC4)CC3)c1)NCC=C2. The number of anilines is 3. The molecule has 2 aromatic carbocycles.